The molecule has 0 radical (unpaired) electrons. The first-order chi connectivity index (χ1) is 12.5. The Labute approximate surface area is 154 Å². The summed E-state index contributed by atoms with van der Waals surface area (Å²) in [4.78, 5) is 34.3. The number of anilines is 1. The van der Waals surface area contributed by atoms with E-state index in [1.54, 1.807) is 24.3 Å². The number of nitro benzene ring substituents is 1. The lowest BCUT2D eigenvalue weighted by atomic mass is 10.1. The zero-order valence-corrected chi connectivity index (χ0v) is 15.0. The number of carbonyl (C=O) groups excluding carboxylic acids is 2. The number of aryl methyl sites for hydroxylation is 1. The molecule has 0 fully saturated rings. The first kappa shape index (κ1) is 19.5. The Morgan fingerprint density at radius 2 is 1.77 bits per heavy atom. The number of amides is 1. The molecule has 0 heterocycles. The molecule has 0 aliphatic heterocycles. The van der Waals surface area contributed by atoms with Crippen LogP contribution < -0.4 is 5.32 Å². The van der Waals surface area contributed by atoms with Gasteiger partial charge in [-0.1, -0.05) is 19.1 Å². The Morgan fingerprint density at radius 1 is 1.12 bits per heavy atom. The lowest BCUT2D eigenvalue weighted by molar-refractivity contribution is -0.384. The molecule has 1 N–H and O–H groups in total. The van der Waals surface area contributed by atoms with Crippen molar-refractivity contribution >= 4 is 35.0 Å². The van der Waals surface area contributed by atoms with Gasteiger partial charge in [-0.2, -0.15) is 0 Å². The van der Waals surface area contributed by atoms with Crippen molar-refractivity contribution in [3.63, 3.8) is 0 Å². The Morgan fingerprint density at radius 3 is 2.35 bits per heavy atom. The van der Waals surface area contributed by atoms with E-state index in [2.05, 4.69) is 5.32 Å². The summed E-state index contributed by atoms with van der Waals surface area (Å²) >= 11 is 1.18. The highest BCUT2D eigenvalue weighted by Gasteiger charge is 2.10. The van der Waals surface area contributed by atoms with Gasteiger partial charge in [0.1, 0.15) is 0 Å². The molecule has 0 saturated heterocycles. The van der Waals surface area contributed by atoms with E-state index < -0.39 is 16.8 Å². The highest BCUT2D eigenvalue weighted by atomic mass is 32.2. The number of carbonyl (C=O) groups is 2. The maximum Gasteiger partial charge on any atom is 0.316 e. The van der Waals surface area contributed by atoms with Gasteiger partial charge in [0.05, 0.1) is 10.7 Å². The molecule has 0 unspecified atom stereocenters. The Hall–Kier alpha value is -2.87. The van der Waals surface area contributed by atoms with Gasteiger partial charge in [-0.3, -0.25) is 19.7 Å². The van der Waals surface area contributed by atoms with E-state index >= 15 is 0 Å². The standard InChI is InChI=1S/C18H18N2O5S/c1-2-13-3-5-14(6-4-13)19-17(21)11-25-18(22)12-26-16-9-7-15(8-10-16)20(23)24/h3-10H,2,11-12H2,1H3,(H,19,21). The van der Waals surface area contributed by atoms with Gasteiger partial charge in [0.15, 0.2) is 6.61 Å². The fourth-order valence-electron chi connectivity index (χ4n) is 2.01. The molecule has 2 aromatic carbocycles. The second-order valence-electron chi connectivity index (χ2n) is 5.30. The number of ether oxygens (including phenoxy) is 1. The minimum atomic E-state index is -0.537. The minimum absolute atomic E-state index is 0.0102. The van der Waals surface area contributed by atoms with Crippen molar-refractivity contribution in [2.75, 3.05) is 17.7 Å². The van der Waals surface area contributed by atoms with E-state index in [0.29, 0.717) is 10.6 Å². The monoisotopic (exact) mass is 374 g/mol. The molecule has 0 aromatic heterocycles. The van der Waals surface area contributed by atoms with Crippen molar-refractivity contribution in [1.82, 2.24) is 0 Å². The number of nitro groups is 1. The first-order valence-electron chi connectivity index (χ1n) is 7.89. The molecule has 0 spiro atoms. The molecule has 0 aliphatic rings. The van der Waals surface area contributed by atoms with Crippen molar-refractivity contribution in [3.05, 3.63) is 64.2 Å². The van der Waals surface area contributed by atoms with E-state index in [0.717, 1.165) is 12.0 Å². The van der Waals surface area contributed by atoms with E-state index in [-0.39, 0.29) is 18.0 Å². The maximum absolute atomic E-state index is 11.8. The third kappa shape index (κ3) is 6.21. The highest BCUT2D eigenvalue weighted by Crippen LogP contribution is 2.21. The number of benzene rings is 2. The Bertz CT molecular complexity index is 775. The van der Waals surface area contributed by atoms with Crippen LogP contribution in [0, 0.1) is 10.1 Å². The van der Waals surface area contributed by atoms with E-state index in [1.807, 2.05) is 19.1 Å². The van der Waals surface area contributed by atoms with Gasteiger partial charge in [0.2, 0.25) is 0 Å². The highest BCUT2D eigenvalue weighted by molar-refractivity contribution is 8.00. The molecule has 26 heavy (non-hydrogen) atoms. The average Bonchev–Trinajstić information content (AvgIpc) is 2.65. The summed E-state index contributed by atoms with van der Waals surface area (Å²) in [7, 11) is 0. The number of esters is 1. The molecular weight excluding hydrogens is 356 g/mol. The summed E-state index contributed by atoms with van der Waals surface area (Å²) in [6.07, 6.45) is 0.915. The minimum Gasteiger partial charge on any atom is -0.455 e. The van der Waals surface area contributed by atoms with Crippen LogP contribution >= 0.6 is 11.8 Å². The molecule has 8 heteroatoms. The summed E-state index contributed by atoms with van der Waals surface area (Å²) in [5.74, 6) is -0.941. The predicted molar refractivity (Wildman–Crippen MR) is 99.2 cm³/mol. The Kier molecular flexibility index (Phi) is 7.16. The van der Waals surface area contributed by atoms with E-state index in [4.69, 9.17) is 4.74 Å². The number of hydrogen-bond acceptors (Lipinski definition) is 6. The molecule has 7 nitrogen and oxygen atoms in total. The number of non-ortho nitro benzene ring substituents is 1. The lowest BCUT2D eigenvalue weighted by Crippen LogP contribution is -2.21. The van der Waals surface area contributed by atoms with Crippen LogP contribution in [-0.2, 0) is 20.7 Å². The van der Waals surface area contributed by atoms with Gasteiger partial charge in [-0.25, -0.2) is 0 Å². The van der Waals surface area contributed by atoms with Crippen LogP contribution in [0.25, 0.3) is 0 Å². The van der Waals surface area contributed by atoms with Gasteiger partial charge >= 0.3 is 5.97 Å². The van der Waals surface area contributed by atoms with Crippen molar-refractivity contribution in [1.29, 1.82) is 0 Å². The van der Waals surface area contributed by atoms with Crippen molar-refractivity contribution in [2.45, 2.75) is 18.2 Å². The molecular formula is C18H18N2O5S. The predicted octanol–water partition coefficient (Wildman–Crippen LogP) is 3.43. The molecule has 2 aromatic rings. The third-order valence-electron chi connectivity index (χ3n) is 3.41. The number of nitrogens with one attached hydrogen (secondary N) is 1. The van der Waals surface area contributed by atoms with Crippen LogP contribution in [0.5, 0.6) is 0 Å². The fourth-order valence-corrected chi connectivity index (χ4v) is 2.71. The van der Waals surface area contributed by atoms with Crippen LogP contribution in [0.4, 0.5) is 11.4 Å². The van der Waals surface area contributed by atoms with Crippen molar-refractivity contribution in [3.8, 4) is 0 Å². The maximum atomic E-state index is 11.8. The molecule has 0 saturated carbocycles. The van der Waals surface area contributed by atoms with E-state index in [1.165, 1.54) is 23.9 Å². The molecule has 2 rings (SSSR count). The van der Waals surface area contributed by atoms with Gasteiger partial charge in [-0.05, 0) is 36.2 Å². The summed E-state index contributed by atoms with van der Waals surface area (Å²) in [5, 5.41) is 13.2. The van der Waals surface area contributed by atoms with Crippen LogP contribution in [0.15, 0.2) is 53.4 Å². The van der Waals surface area contributed by atoms with Crippen LogP contribution in [0.1, 0.15) is 12.5 Å². The molecule has 0 bridgehead atoms. The second-order valence-corrected chi connectivity index (χ2v) is 6.35. The quantitative estimate of drug-likeness (QED) is 0.329. The molecule has 136 valence electrons. The van der Waals surface area contributed by atoms with Crippen LogP contribution in [-0.4, -0.2) is 29.2 Å². The smallest absolute Gasteiger partial charge is 0.316 e. The van der Waals surface area contributed by atoms with Gasteiger partial charge in [0, 0.05) is 22.7 Å². The Balaban J connectivity index is 1.71. The summed E-state index contributed by atoms with van der Waals surface area (Å²) < 4.78 is 4.92. The third-order valence-corrected chi connectivity index (χ3v) is 4.40. The SMILES string of the molecule is CCc1ccc(NC(=O)COC(=O)CSc2ccc([N+](=O)[O-])cc2)cc1. The van der Waals surface area contributed by atoms with Crippen molar-refractivity contribution in [2.24, 2.45) is 0 Å². The first-order valence-corrected chi connectivity index (χ1v) is 8.88. The zero-order valence-electron chi connectivity index (χ0n) is 14.1. The van der Waals surface area contributed by atoms with Gasteiger partial charge in [0.25, 0.3) is 11.6 Å². The molecule has 1 amide bonds. The topological polar surface area (TPSA) is 98.5 Å². The second kappa shape index (κ2) is 9.57. The largest absolute Gasteiger partial charge is 0.455 e. The number of hydrogen-bond donors (Lipinski definition) is 1. The summed E-state index contributed by atoms with van der Waals surface area (Å²) in [5.41, 5.74) is 1.79. The molecule has 0 atom stereocenters. The lowest BCUT2D eigenvalue weighted by Gasteiger charge is -2.07. The van der Waals surface area contributed by atoms with Gasteiger partial charge in [-0.15, -0.1) is 11.8 Å². The fraction of sp³-hybridized carbons (Fsp3) is 0.222. The molecule has 0 aliphatic carbocycles. The van der Waals surface area contributed by atoms with Crippen LogP contribution in [0.2, 0.25) is 0 Å². The van der Waals surface area contributed by atoms with E-state index in [9.17, 15) is 19.7 Å². The summed E-state index contributed by atoms with van der Waals surface area (Å²) in [6.45, 7) is 1.68. The normalized spacial score (nSPS) is 10.2. The van der Waals surface area contributed by atoms with Gasteiger partial charge < -0.3 is 10.1 Å². The van der Waals surface area contributed by atoms with Crippen molar-refractivity contribution < 1.29 is 19.2 Å². The summed E-state index contributed by atoms with van der Waals surface area (Å²) in [6, 6.07) is 13.3. The average molecular weight is 374 g/mol. The number of rotatable bonds is 8. The number of nitrogens with zero attached hydrogens (tertiary/aromatic N) is 1. The zero-order chi connectivity index (χ0) is 18.9. The number of thioether (sulfide) groups is 1. The van der Waals surface area contributed by atoms with Crippen LogP contribution in [0.3, 0.4) is 0 Å².